The van der Waals surface area contributed by atoms with Crippen LogP contribution in [0.3, 0.4) is 0 Å². The number of halogens is 2. The highest BCUT2D eigenvalue weighted by atomic mass is 79.9. The molecule has 0 saturated carbocycles. The molecular weight excluding hydrogens is 332 g/mol. The van der Waals surface area contributed by atoms with Crippen LogP contribution in [0.2, 0.25) is 0 Å². The quantitative estimate of drug-likeness (QED) is 0.712. The molecule has 1 nitrogen and oxygen atoms in total. The zero-order valence-electron chi connectivity index (χ0n) is 8.91. The van der Waals surface area contributed by atoms with Crippen molar-refractivity contribution in [1.29, 1.82) is 0 Å². The number of hydrogen-bond acceptors (Lipinski definition) is 1. The topological polar surface area (TPSA) is 13.1 Å². The molecule has 0 N–H and O–H groups in total. The molecule has 0 fully saturated rings. The fraction of sp³-hybridized carbons (Fsp3) is 0.231. The van der Waals surface area contributed by atoms with Gasteiger partial charge in [0.25, 0.3) is 0 Å². The molecule has 0 amide bonds. The fourth-order valence-electron chi connectivity index (χ4n) is 1.64. The Bertz CT molecular complexity index is 476. The van der Waals surface area contributed by atoms with Crippen molar-refractivity contribution in [3.05, 3.63) is 58.0 Å². The van der Waals surface area contributed by atoms with Gasteiger partial charge in [0.15, 0.2) is 4.67 Å². The number of benzene rings is 1. The average molecular weight is 344 g/mol. The molecule has 0 radical (unpaired) electrons. The van der Waals surface area contributed by atoms with Crippen molar-refractivity contribution in [3.8, 4) is 0 Å². The Kier molecular flexibility index (Phi) is 3.87. The number of furan rings is 1. The van der Waals surface area contributed by atoms with Crippen LogP contribution in [0.1, 0.15) is 21.7 Å². The summed E-state index contributed by atoms with van der Waals surface area (Å²) < 4.78 is 6.29. The third-order valence-corrected chi connectivity index (χ3v) is 3.60. The molecule has 1 atom stereocenters. The SMILES string of the molecule is Cc1cccc(CC(Br)c2ccc(Br)o2)c1. The molecule has 16 heavy (non-hydrogen) atoms. The standard InChI is InChI=1S/C13H12Br2O/c1-9-3-2-4-10(7-9)8-11(14)12-5-6-13(15)16-12/h2-7,11H,8H2,1H3. The molecule has 1 aromatic carbocycles. The summed E-state index contributed by atoms with van der Waals surface area (Å²) in [5, 5.41) is 0. The Hall–Kier alpha value is -0.540. The molecule has 84 valence electrons. The van der Waals surface area contributed by atoms with E-state index in [0.29, 0.717) is 0 Å². The van der Waals surface area contributed by atoms with Crippen molar-refractivity contribution in [2.24, 2.45) is 0 Å². The Balaban J connectivity index is 2.10. The van der Waals surface area contributed by atoms with E-state index in [2.05, 4.69) is 63.0 Å². The molecular formula is C13H12Br2O. The zero-order valence-corrected chi connectivity index (χ0v) is 12.1. The van der Waals surface area contributed by atoms with Gasteiger partial charge in [0, 0.05) is 0 Å². The van der Waals surface area contributed by atoms with E-state index >= 15 is 0 Å². The summed E-state index contributed by atoms with van der Waals surface area (Å²) in [5.41, 5.74) is 2.60. The van der Waals surface area contributed by atoms with E-state index in [1.54, 1.807) is 0 Å². The summed E-state index contributed by atoms with van der Waals surface area (Å²) in [6.07, 6.45) is 0.932. The molecule has 0 bridgehead atoms. The van der Waals surface area contributed by atoms with Gasteiger partial charge in [-0.05, 0) is 47.0 Å². The van der Waals surface area contributed by atoms with Crippen molar-refractivity contribution < 1.29 is 4.42 Å². The average Bonchev–Trinajstić information content (AvgIpc) is 2.65. The van der Waals surface area contributed by atoms with E-state index < -0.39 is 0 Å². The first-order valence-electron chi connectivity index (χ1n) is 5.10. The highest BCUT2D eigenvalue weighted by Crippen LogP contribution is 2.30. The van der Waals surface area contributed by atoms with Gasteiger partial charge >= 0.3 is 0 Å². The minimum Gasteiger partial charge on any atom is -0.453 e. The predicted octanol–water partition coefficient (Wildman–Crippen LogP) is 5.03. The highest BCUT2D eigenvalue weighted by Gasteiger charge is 2.12. The van der Waals surface area contributed by atoms with Crippen molar-refractivity contribution in [3.63, 3.8) is 0 Å². The van der Waals surface area contributed by atoms with Gasteiger partial charge in [-0.25, -0.2) is 0 Å². The lowest BCUT2D eigenvalue weighted by Gasteiger charge is -2.07. The van der Waals surface area contributed by atoms with Crippen molar-refractivity contribution in [2.45, 2.75) is 18.2 Å². The first kappa shape index (κ1) is 11.9. The normalized spacial score (nSPS) is 12.7. The van der Waals surface area contributed by atoms with Gasteiger partial charge in [0.05, 0.1) is 4.83 Å². The van der Waals surface area contributed by atoms with Crippen molar-refractivity contribution in [2.75, 3.05) is 0 Å². The number of aryl methyl sites for hydroxylation is 1. The number of rotatable bonds is 3. The van der Waals surface area contributed by atoms with E-state index in [-0.39, 0.29) is 4.83 Å². The molecule has 0 aliphatic carbocycles. The predicted molar refractivity (Wildman–Crippen MR) is 73.0 cm³/mol. The van der Waals surface area contributed by atoms with Crippen LogP contribution in [-0.4, -0.2) is 0 Å². The van der Waals surface area contributed by atoms with Crippen LogP contribution in [0.15, 0.2) is 45.5 Å². The summed E-state index contributed by atoms with van der Waals surface area (Å²) in [7, 11) is 0. The summed E-state index contributed by atoms with van der Waals surface area (Å²) >= 11 is 6.96. The molecule has 2 rings (SSSR count). The Morgan fingerprint density at radius 1 is 1.25 bits per heavy atom. The van der Waals surface area contributed by atoms with Crippen LogP contribution in [0.5, 0.6) is 0 Å². The lowest BCUT2D eigenvalue weighted by Crippen LogP contribution is -1.93. The largest absolute Gasteiger partial charge is 0.453 e. The van der Waals surface area contributed by atoms with E-state index in [1.165, 1.54) is 11.1 Å². The second-order valence-corrected chi connectivity index (χ2v) is 5.69. The lowest BCUT2D eigenvalue weighted by molar-refractivity contribution is 0.486. The van der Waals surface area contributed by atoms with E-state index in [4.69, 9.17) is 4.42 Å². The zero-order chi connectivity index (χ0) is 11.5. The molecule has 1 heterocycles. The van der Waals surface area contributed by atoms with Gasteiger partial charge in [-0.3, -0.25) is 0 Å². The minimum absolute atomic E-state index is 0.223. The summed E-state index contributed by atoms with van der Waals surface area (Å²) in [5.74, 6) is 0.952. The monoisotopic (exact) mass is 342 g/mol. The van der Waals surface area contributed by atoms with Crippen LogP contribution in [0.25, 0.3) is 0 Å². The molecule has 3 heteroatoms. The van der Waals surface area contributed by atoms with Gasteiger partial charge < -0.3 is 4.42 Å². The van der Waals surface area contributed by atoms with Gasteiger partial charge in [0.1, 0.15) is 5.76 Å². The van der Waals surface area contributed by atoms with Crippen molar-refractivity contribution >= 4 is 31.9 Å². The fourth-order valence-corrected chi connectivity index (χ4v) is 2.58. The number of alkyl halides is 1. The van der Waals surface area contributed by atoms with Crippen molar-refractivity contribution in [1.82, 2.24) is 0 Å². The van der Waals surface area contributed by atoms with Gasteiger partial charge in [-0.15, -0.1) is 0 Å². The second-order valence-electron chi connectivity index (χ2n) is 3.80. The molecule has 1 aromatic heterocycles. The smallest absolute Gasteiger partial charge is 0.169 e. The number of hydrogen-bond donors (Lipinski definition) is 0. The first-order valence-corrected chi connectivity index (χ1v) is 6.81. The molecule has 1 unspecified atom stereocenters. The van der Waals surface area contributed by atoms with E-state index in [1.807, 2.05) is 12.1 Å². The Morgan fingerprint density at radius 3 is 2.69 bits per heavy atom. The van der Waals surface area contributed by atoms with Gasteiger partial charge in [0.2, 0.25) is 0 Å². The molecule has 0 saturated heterocycles. The Morgan fingerprint density at radius 2 is 2.06 bits per heavy atom. The summed E-state index contributed by atoms with van der Waals surface area (Å²) in [6.45, 7) is 2.11. The highest BCUT2D eigenvalue weighted by molar-refractivity contribution is 9.10. The molecule has 0 aliphatic rings. The van der Waals surface area contributed by atoms with Gasteiger partial charge in [-0.1, -0.05) is 45.8 Å². The second kappa shape index (κ2) is 5.19. The third kappa shape index (κ3) is 2.98. The maximum Gasteiger partial charge on any atom is 0.169 e. The Labute approximate surface area is 112 Å². The molecule has 0 spiro atoms. The lowest BCUT2D eigenvalue weighted by atomic mass is 10.1. The van der Waals surface area contributed by atoms with Crippen LogP contribution < -0.4 is 0 Å². The summed E-state index contributed by atoms with van der Waals surface area (Å²) in [6, 6.07) is 12.4. The third-order valence-electron chi connectivity index (χ3n) is 2.40. The summed E-state index contributed by atoms with van der Waals surface area (Å²) in [4.78, 5) is 0.223. The van der Waals surface area contributed by atoms with Gasteiger partial charge in [-0.2, -0.15) is 0 Å². The first-order chi connectivity index (χ1) is 7.65. The molecule has 2 aromatic rings. The minimum atomic E-state index is 0.223. The maximum absolute atomic E-state index is 5.52. The van der Waals surface area contributed by atoms with E-state index in [9.17, 15) is 0 Å². The van der Waals surface area contributed by atoms with Crippen LogP contribution in [0.4, 0.5) is 0 Å². The molecule has 0 aliphatic heterocycles. The van der Waals surface area contributed by atoms with Crippen LogP contribution in [0, 0.1) is 6.92 Å². The van der Waals surface area contributed by atoms with Crippen LogP contribution >= 0.6 is 31.9 Å². The van der Waals surface area contributed by atoms with E-state index in [0.717, 1.165) is 16.9 Å². The van der Waals surface area contributed by atoms with Crippen LogP contribution in [-0.2, 0) is 6.42 Å². The maximum atomic E-state index is 5.52.